The largest absolute Gasteiger partial charge is 0.493 e. The lowest BCUT2D eigenvalue weighted by atomic mass is 9.85. The number of nitrogens with one attached hydrogen (secondary N) is 1. The maximum Gasteiger partial charge on any atom is 0.319 e. The topological polar surface area (TPSA) is 84.9 Å². The summed E-state index contributed by atoms with van der Waals surface area (Å²) in [5.74, 6) is -0.324. The van der Waals surface area contributed by atoms with Crippen molar-refractivity contribution >= 4 is 33.3 Å². The Kier molecular flexibility index (Phi) is 7.69. The Bertz CT molecular complexity index is 791. The number of carbonyl (C=O) groups is 2. The van der Waals surface area contributed by atoms with E-state index in [1.807, 2.05) is 18.2 Å². The monoisotopic (exact) mass is 407 g/mol. The van der Waals surface area contributed by atoms with Crippen molar-refractivity contribution in [2.75, 3.05) is 20.8 Å². The maximum atomic E-state index is 12.6. The third-order valence-corrected chi connectivity index (χ3v) is 5.99. The molecule has 0 radical (unpaired) electrons. The molecule has 2 N–H and O–H groups in total. The number of thiophene rings is 1. The van der Waals surface area contributed by atoms with Crippen LogP contribution in [0.1, 0.15) is 44.4 Å². The van der Waals surface area contributed by atoms with Crippen molar-refractivity contribution in [1.82, 2.24) is 5.32 Å². The summed E-state index contributed by atoms with van der Waals surface area (Å²) in [5, 5.41) is 13.5. The predicted molar refractivity (Wildman–Crippen MR) is 112 cm³/mol. The van der Waals surface area contributed by atoms with Crippen molar-refractivity contribution < 1.29 is 24.2 Å². The lowest BCUT2D eigenvalue weighted by molar-refractivity contribution is -0.154. The third kappa shape index (κ3) is 4.95. The van der Waals surface area contributed by atoms with Crippen molar-refractivity contribution in [1.29, 1.82) is 0 Å². The van der Waals surface area contributed by atoms with Gasteiger partial charge in [0.2, 0.25) is 5.91 Å². The van der Waals surface area contributed by atoms with Gasteiger partial charge in [-0.15, -0.1) is 11.3 Å². The highest BCUT2D eigenvalue weighted by atomic mass is 32.1. The van der Waals surface area contributed by atoms with Crippen LogP contribution in [0.3, 0.4) is 0 Å². The SMILES string of the molecule is CCCCCCNC(=O)C(C)(Cc1cc2cc(OC)c(OC)cc2s1)C(=O)O. The van der Waals surface area contributed by atoms with Crippen molar-refractivity contribution in [3.05, 3.63) is 23.1 Å². The van der Waals surface area contributed by atoms with E-state index in [1.54, 1.807) is 14.2 Å². The molecule has 0 bridgehead atoms. The normalized spacial score (nSPS) is 13.1. The molecule has 0 fully saturated rings. The molecular formula is C21H29NO5S. The number of hydrogen-bond donors (Lipinski definition) is 2. The second-order valence-electron chi connectivity index (χ2n) is 7.09. The number of fused-ring (bicyclic) bond motifs is 1. The Morgan fingerprint density at radius 3 is 2.39 bits per heavy atom. The fourth-order valence-electron chi connectivity index (χ4n) is 3.06. The Hall–Kier alpha value is -2.28. The van der Waals surface area contributed by atoms with E-state index in [0.717, 1.165) is 40.6 Å². The van der Waals surface area contributed by atoms with Crippen molar-refractivity contribution in [3.8, 4) is 11.5 Å². The molecule has 7 heteroatoms. The number of ether oxygens (including phenoxy) is 2. The minimum absolute atomic E-state index is 0.132. The molecule has 28 heavy (non-hydrogen) atoms. The van der Waals surface area contributed by atoms with Gasteiger partial charge in [0.15, 0.2) is 11.5 Å². The first-order chi connectivity index (χ1) is 13.3. The highest BCUT2D eigenvalue weighted by Crippen LogP contribution is 2.38. The van der Waals surface area contributed by atoms with E-state index in [1.165, 1.54) is 18.3 Å². The zero-order chi connectivity index (χ0) is 20.7. The van der Waals surface area contributed by atoms with Crippen LogP contribution >= 0.6 is 11.3 Å². The number of carboxylic acid groups (broad SMARTS) is 1. The fraction of sp³-hybridized carbons (Fsp3) is 0.524. The van der Waals surface area contributed by atoms with E-state index in [-0.39, 0.29) is 6.42 Å². The molecule has 0 saturated heterocycles. The zero-order valence-corrected chi connectivity index (χ0v) is 17.8. The minimum atomic E-state index is -1.51. The number of aliphatic carboxylic acids is 1. The second kappa shape index (κ2) is 9.78. The molecule has 0 aliphatic heterocycles. The molecule has 1 aromatic carbocycles. The van der Waals surface area contributed by atoms with Crippen LogP contribution in [-0.2, 0) is 16.0 Å². The highest BCUT2D eigenvalue weighted by molar-refractivity contribution is 7.19. The van der Waals surface area contributed by atoms with Crippen LogP contribution in [0.4, 0.5) is 0 Å². The average Bonchev–Trinajstić information content (AvgIpc) is 3.06. The molecule has 1 aromatic heterocycles. The number of unbranched alkanes of at least 4 members (excludes halogenated alkanes) is 3. The first-order valence-electron chi connectivity index (χ1n) is 9.51. The number of carboxylic acids is 1. The summed E-state index contributed by atoms with van der Waals surface area (Å²) in [6.07, 6.45) is 4.24. The van der Waals surface area contributed by atoms with Gasteiger partial charge in [0, 0.05) is 28.6 Å². The van der Waals surface area contributed by atoms with Gasteiger partial charge in [0.25, 0.3) is 0 Å². The molecular weight excluding hydrogens is 378 g/mol. The highest BCUT2D eigenvalue weighted by Gasteiger charge is 2.41. The van der Waals surface area contributed by atoms with Crippen LogP contribution in [-0.4, -0.2) is 37.7 Å². The maximum absolute atomic E-state index is 12.6. The van der Waals surface area contributed by atoms with Crippen molar-refractivity contribution in [2.24, 2.45) is 5.41 Å². The molecule has 1 heterocycles. The van der Waals surface area contributed by atoms with Crippen LogP contribution in [0, 0.1) is 5.41 Å². The predicted octanol–water partition coefficient (Wildman–Crippen LogP) is 4.25. The molecule has 6 nitrogen and oxygen atoms in total. The minimum Gasteiger partial charge on any atom is -0.493 e. The van der Waals surface area contributed by atoms with Gasteiger partial charge in [0.1, 0.15) is 5.41 Å². The van der Waals surface area contributed by atoms with E-state index < -0.39 is 17.3 Å². The summed E-state index contributed by atoms with van der Waals surface area (Å²) < 4.78 is 11.6. The van der Waals surface area contributed by atoms with Crippen molar-refractivity contribution in [2.45, 2.75) is 46.0 Å². The number of carbonyl (C=O) groups excluding carboxylic acids is 1. The smallest absolute Gasteiger partial charge is 0.319 e. The molecule has 2 aromatic rings. The Labute approximate surface area is 169 Å². The van der Waals surface area contributed by atoms with E-state index >= 15 is 0 Å². The van der Waals surface area contributed by atoms with Gasteiger partial charge in [-0.25, -0.2) is 0 Å². The average molecular weight is 408 g/mol. The Morgan fingerprint density at radius 2 is 1.79 bits per heavy atom. The number of methoxy groups -OCH3 is 2. The summed E-state index contributed by atoms with van der Waals surface area (Å²) in [4.78, 5) is 25.4. The number of amides is 1. The Balaban J connectivity index is 2.18. The Morgan fingerprint density at radius 1 is 1.11 bits per heavy atom. The lowest BCUT2D eigenvalue weighted by Gasteiger charge is -2.23. The van der Waals surface area contributed by atoms with Gasteiger partial charge in [0.05, 0.1) is 14.2 Å². The molecule has 154 valence electrons. The number of benzene rings is 1. The van der Waals surface area contributed by atoms with Crippen LogP contribution in [0.5, 0.6) is 11.5 Å². The first-order valence-corrected chi connectivity index (χ1v) is 10.3. The van der Waals surface area contributed by atoms with Crippen LogP contribution in [0.2, 0.25) is 0 Å². The summed E-state index contributed by atoms with van der Waals surface area (Å²) in [6.45, 7) is 4.11. The number of rotatable bonds is 11. The molecule has 1 atom stereocenters. The molecule has 0 saturated carbocycles. The van der Waals surface area contributed by atoms with E-state index in [9.17, 15) is 14.7 Å². The fourth-order valence-corrected chi connectivity index (χ4v) is 4.29. The van der Waals surface area contributed by atoms with Gasteiger partial charge in [-0.05, 0) is 30.9 Å². The van der Waals surface area contributed by atoms with Gasteiger partial charge in [-0.1, -0.05) is 26.2 Å². The second-order valence-corrected chi connectivity index (χ2v) is 8.26. The zero-order valence-electron chi connectivity index (χ0n) is 17.0. The van der Waals surface area contributed by atoms with Gasteiger partial charge in [-0.3, -0.25) is 9.59 Å². The molecule has 2 rings (SSSR count). The standard InChI is InChI=1S/C21H29NO5S/c1-5-6-7-8-9-22-19(23)21(2,20(24)25)13-15-10-14-11-16(26-3)17(27-4)12-18(14)28-15/h10-12H,5-9,13H2,1-4H3,(H,22,23)(H,24,25). The summed E-state index contributed by atoms with van der Waals surface area (Å²) in [6, 6.07) is 5.64. The molecule has 1 amide bonds. The van der Waals surface area contributed by atoms with Crippen LogP contribution in [0.15, 0.2) is 18.2 Å². The molecule has 0 aliphatic carbocycles. The number of hydrogen-bond acceptors (Lipinski definition) is 5. The lowest BCUT2D eigenvalue weighted by Crippen LogP contribution is -2.46. The van der Waals surface area contributed by atoms with E-state index in [4.69, 9.17) is 9.47 Å². The quantitative estimate of drug-likeness (QED) is 0.430. The van der Waals surface area contributed by atoms with Crippen LogP contribution < -0.4 is 14.8 Å². The van der Waals surface area contributed by atoms with E-state index in [0.29, 0.717) is 18.0 Å². The first kappa shape index (κ1) is 22.0. The third-order valence-electron chi connectivity index (χ3n) is 4.89. The van der Waals surface area contributed by atoms with Gasteiger partial charge in [-0.2, -0.15) is 0 Å². The summed E-state index contributed by atoms with van der Waals surface area (Å²) >= 11 is 1.46. The van der Waals surface area contributed by atoms with E-state index in [2.05, 4.69) is 12.2 Å². The van der Waals surface area contributed by atoms with Crippen molar-refractivity contribution in [3.63, 3.8) is 0 Å². The van der Waals surface area contributed by atoms with Crippen LogP contribution in [0.25, 0.3) is 10.1 Å². The molecule has 0 aliphatic rings. The van der Waals surface area contributed by atoms with Gasteiger partial charge < -0.3 is 19.9 Å². The summed E-state index contributed by atoms with van der Waals surface area (Å²) in [7, 11) is 3.15. The summed E-state index contributed by atoms with van der Waals surface area (Å²) in [5.41, 5.74) is -1.51. The molecule has 1 unspecified atom stereocenters. The van der Waals surface area contributed by atoms with Gasteiger partial charge >= 0.3 is 5.97 Å². The molecule has 0 spiro atoms.